The first-order chi connectivity index (χ1) is 10.3. The van der Waals surface area contributed by atoms with Crippen molar-refractivity contribution in [3.05, 3.63) is 16.8 Å². The molecule has 0 aliphatic heterocycles. The standard InChI is InChI=1S/C13H16F2N4OS2.ClH/c1-7-8(2)22-12-10(7)11(18-6-19-12)21-3-9(20)17-5-13(14,15)4-16;/h6H,3-5,16H2,1-2H3,(H,17,20);1H. The third-order valence-electron chi connectivity index (χ3n) is 3.11. The first-order valence-electron chi connectivity index (χ1n) is 6.52. The zero-order valence-corrected chi connectivity index (χ0v) is 15.0. The van der Waals surface area contributed by atoms with Gasteiger partial charge >= 0.3 is 0 Å². The number of halogens is 3. The molecule has 0 saturated carbocycles. The van der Waals surface area contributed by atoms with Crippen LogP contribution in [-0.4, -0.2) is 40.6 Å². The van der Waals surface area contributed by atoms with E-state index in [-0.39, 0.29) is 18.2 Å². The Morgan fingerprint density at radius 2 is 2.13 bits per heavy atom. The summed E-state index contributed by atoms with van der Waals surface area (Å²) in [6.07, 6.45) is 1.44. The quantitative estimate of drug-likeness (QED) is 0.592. The van der Waals surface area contributed by atoms with Crippen LogP contribution in [0.2, 0.25) is 0 Å². The van der Waals surface area contributed by atoms with Crippen molar-refractivity contribution in [2.24, 2.45) is 5.73 Å². The summed E-state index contributed by atoms with van der Waals surface area (Å²) < 4.78 is 25.9. The van der Waals surface area contributed by atoms with Gasteiger partial charge in [-0.25, -0.2) is 18.7 Å². The normalized spacial score (nSPS) is 11.3. The first-order valence-corrected chi connectivity index (χ1v) is 8.32. The number of amides is 1. The van der Waals surface area contributed by atoms with Crippen molar-refractivity contribution in [2.75, 3.05) is 18.8 Å². The van der Waals surface area contributed by atoms with Crippen LogP contribution in [0.3, 0.4) is 0 Å². The molecule has 0 bridgehead atoms. The molecule has 10 heteroatoms. The van der Waals surface area contributed by atoms with Crippen LogP contribution in [0.25, 0.3) is 10.2 Å². The third-order valence-corrected chi connectivity index (χ3v) is 5.22. The van der Waals surface area contributed by atoms with Gasteiger partial charge in [0.05, 0.1) is 18.8 Å². The van der Waals surface area contributed by atoms with E-state index in [0.717, 1.165) is 20.7 Å². The van der Waals surface area contributed by atoms with E-state index < -0.39 is 24.9 Å². The molecule has 2 heterocycles. The number of fused-ring (bicyclic) bond motifs is 1. The van der Waals surface area contributed by atoms with Crippen molar-refractivity contribution in [1.29, 1.82) is 0 Å². The first kappa shape index (κ1) is 20.0. The molecule has 0 unspecified atom stereocenters. The summed E-state index contributed by atoms with van der Waals surface area (Å²) in [5.41, 5.74) is 6.00. The number of thiophene rings is 1. The number of carbonyl (C=O) groups is 1. The Morgan fingerprint density at radius 3 is 2.78 bits per heavy atom. The average Bonchev–Trinajstić information content (AvgIpc) is 2.79. The van der Waals surface area contributed by atoms with E-state index >= 15 is 0 Å². The summed E-state index contributed by atoms with van der Waals surface area (Å²) in [5.74, 6) is -3.54. The summed E-state index contributed by atoms with van der Waals surface area (Å²) in [7, 11) is 0. The Morgan fingerprint density at radius 1 is 1.43 bits per heavy atom. The van der Waals surface area contributed by atoms with Gasteiger partial charge in [0.2, 0.25) is 5.91 Å². The van der Waals surface area contributed by atoms with Crippen LogP contribution in [-0.2, 0) is 4.79 Å². The van der Waals surface area contributed by atoms with Crippen LogP contribution < -0.4 is 11.1 Å². The second-order valence-corrected chi connectivity index (χ2v) is 6.93. The minimum Gasteiger partial charge on any atom is -0.349 e. The van der Waals surface area contributed by atoms with Crippen LogP contribution in [0.1, 0.15) is 10.4 Å². The van der Waals surface area contributed by atoms with E-state index in [4.69, 9.17) is 5.73 Å². The SMILES string of the molecule is Cc1sc2ncnc(SCC(=O)NCC(F)(F)CN)c2c1C.Cl. The number of alkyl halides is 2. The van der Waals surface area contributed by atoms with E-state index in [0.29, 0.717) is 5.03 Å². The molecule has 0 aliphatic rings. The van der Waals surface area contributed by atoms with Crippen molar-refractivity contribution >= 4 is 51.6 Å². The summed E-state index contributed by atoms with van der Waals surface area (Å²) in [6, 6.07) is 0. The van der Waals surface area contributed by atoms with Gasteiger partial charge in [-0.15, -0.1) is 23.7 Å². The highest BCUT2D eigenvalue weighted by Gasteiger charge is 2.27. The maximum atomic E-state index is 13.0. The van der Waals surface area contributed by atoms with E-state index in [1.165, 1.54) is 18.1 Å². The lowest BCUT2D eigenvalue weighted by molar-refractivity contribution is -0.120. The highest BCUT2D eigenvalue weighted by molar-refractivity contribution is 8.00. The van der Waals surface area contributed by atoms with Crippen LogP contribution >= 0.6 is 35.5 Å². The van der Waals surface area contributed by atoms with E-state index in [9.17, 15) is 13.6 Å². The van der Waals surface area contributed by atoms with Gasteiger partial charge in [0.25, 0.3) is 5.92 Å². The molecule has 0 radical (unpaired) electrons. The number of hydrogen-bond donors (Lipinski definition) is 2. The third kappa shape index (κ3) is 4.97. The molecule has 0 atom stereocenters. The van der Waals surface area contributed by atoms with Gasteiger partial charge in [-0.1, -0.05) is 11.8 Å². The Bertz CT molecular complexity index is 696. The molecule has 1 amide bonds. The molecular formula is C13H17ClF2N4OS2. The zero-order chi connectivity index (χ0) is 16.3. The highest BCUT2D eigenvalue weighted by atomic mass is 35.5. The molecule has 0 aliphatic carbocycles. The molecule has 2 aromatic rings. The van der Waals surface area contributed by atoms with Crippen molar-refractivity contribution in [1.82, 2.24) is 15.3 Å². The highest BCUT2D eigenvalue weighted by Crippen LogP contribution is 2.34. The molecule has 2 rings (SSSR count). The number of nitrogens with one attached hydrogen (secondary N) is 1. The number of nitrogens with zero attached hydrogens (tertiary/aromatic N) is 2. The van der Waals surface area contributed by atoms with Gasteiger partial charge in [-0.2, -0.15) is 0 Å². The van der Waals surface area contributed by atoms with Crippen LogP contribution in [0.5, 0.6) is 0 Å². The van der Waals surface area contributed by atoms with Crippen LogP contribution in [0, 0.1) is 13.8 Å². The maximum Gasteiger partial charge on any atom is 0.277 e. The number of rotatable bonds is 6. The van der Waals surface area contributed by atoms with Gasteiger partial charge < -0.3 is 11.1 Å². The number of thioether (sulfide) groups is 1. The van der Waals surface area contributed by atoms with Gasteiger partial charge in [0.1, 0.15) is 16.2 Å². The predicted octanol–water partition coefficient (Wildman–Crippen LogP) is 2.53. The van der Waals surface area contributed by atoms with Crippen molar-refractivity contribution in [3.8, 4) is 0 Å². The molecule has 0 spiro atoms. The maximum absolute atomic E-state index is 13.0. The second-order valence-electron chi connectivity index (χ2n) is 4.77. The smallest absolute Gasteiger partial charge is 0.277 e. The van der Waals surface area contributed by atoms with Gasteiger partial charge in [0.15, 0.2) is 0 Å². The Balaban J connectivity index is 0.00000264. The number of carbonyl (C=O) groups excluding carboxylic acids is 1. The predicted molar refractivity (Wildman–Crippen MR) is 91.9 cm³/mol. The van der Waals surface area contributed by atoms with E-state index in [2.05, 4.69) is 15.3 Å². The van der Waals surface area contributed by atoms with E-state index in [1.807, 2.05) is 13.8 Å². The minimum atomic E-state index is -3.08. The zero-order valence-electron chi connectivity index (χ0n) is 12.6. The average molecular weight is 383 g/mol. The number of nitrogens with two attached hydrogens (primary N) is 1. The summed E-state index contributed by atoms with van der Waals surface area (Å²) >= 11 is 2.78. The van der Waals surface area contributed by atoms with Crippen LogP contribution in [0.4, 0.5) is 8.78 Å². The van der Waals surface area contributed by atoms with Crippen molar-refractivity contribution in [3.63, 3.8) is 0 Å². The monoisotopic (exact) mass is 382 g/mol. The minimum absolute atomic E-state index is 0. The molecule has 0 saturated heterocycles. The summed E-state index contributed by atoms with van der Waals surface area (Å²) in [4.78, 5) is 22.1. The lowest BCUT2D eigenvalue weighted by atomic mass is 10.2. The molecule has 23 heavy (non-hydrogen) atoms. The molecule has 0 aromatic carbocycles. The number of hydrogen-bond acceptors (Lipinski definition) is 6. The molecule has 3 N–H and O–H groups in total. The lowest BCUT2D eigenvalue weighted by Crippen LogP contribution is -2.42. The fraction of sp³-hybridized carbons (Fsp3) is 0.462. The van der Waals surface area contributed by atoms with Gasteiger partial charge in [-0.3, -0.25) is 4.79 Å². The fourth-order valence-corrected chi connectivity index (χ4v) is 3.69. The molecule has 5 nitrogen and oxygen atoms in total. The van der Waals surface area contributed by atoms with Gasteiger partial charge in [0, 0.05) is 10.3 Å². The van der Waals surface area contributed by atoms with E-state index in [1.54, 1.807) is 11.3 Å². The summed E-state index contributed by atoms with van der Waals surface area (Å²) in [6.45, 7) is 2.43. The second kappa shape index (κ2) is 8.18. The molecular weight excluding hydrogens is 366 g/mol. The topological polar surface area (TPSA) is 80.9 Å². The molecule has 2 aromatic heterocycles. The largest absolute Gasteiger partial charge is 0.349 e. The number of aryl methyl sites for hydroxylation is 2. The summed E-state index contributed by atoms with van der Waals surface area (Å²) in [5, 5.41) is 3.80. The Hall–Kier alpha value is -1.03. The van der Waals surface area contributed by atoms with Crippen molar-refractivity contribution in [2.45, 2.75) is 24.8 Å². The molecule has 128 valence electrons. The van der Waals surface area contributed by atoms with Gasteiger partial charge in [-0.05, 0) is 19.4 Å². The fourth-order valence-electron chi connectivity index (χ4n) is 1.74. The lowest BCUT2D eigenvalue weighted by Gasteiger charge is -2.14. The Labute approximate surface area is 146 Å². The number of aromatic nitrogens is 2. The Kier molecular flexibility index (Phi) is 7.12. The molecule has 0 fully saturated rings. The van der Waals surface area contributed by atoms with Crippen molar-refractivity contribution < 1.29 is 13.6 Å². The van der Waals surface area contributed by atoms with Crippen LogP contribution in [0.15, 0.2) is 11.4 Å².